The molecule has 1 heterocycles. The van der Waals surface area contributed by atoms with Crippen LogP contribution in [-0.2, 0) is 4.43 Å². The molecule has 0 aromatic heterocycles. The Hall–Kier alpha value is 0.394. The minimum Gasteiger partial charge on any atom is -0.415 e. The van der Waals surface area contributed by atoms with Crippen molar-refractivity contribution in [3.05, 3.63) is 0 Å². The van der Waals surface area contributed by atoms with Crippen LogP contribution in [0.1, 0.15) is 91.4 Å². The first-order chi connectivity index (χ1) is 11.1. The van der Waals surface area contributed by atoms with E-state index in [-0.39, 0.29) is 5.60 Å². The van der Waals surface area contributed by atoms with E-state index >= 15 is 0 Å². The molecule has 1 fully saturated rings. The minimum atomic E-state index is -1.44. The van der Waals surface area contributed by atoms with Gasteiger partial charge in [-0.25, -0.2) is 0 Å². The predicted octanol–water partition coefficient (Wildman–Crippen LogP) is 7.71. The molecule has 0 saturated carbocycles. The summed E-state index contributed by atoms with van der Waals surface area (Å²) in [6.45, 7) is 17.1. The average molecular weight is 371 g/mol. The van der Waals surface area contributed by atoms with E-state index in [2.05, 4.69) is 47.0 Å². The largest absolute Gasteiger partial charge is 0.415 e. The Balaban J connectivity index is 2.18. The van der Waals surface area contributed by atoms with E-state index in [0.29, 0.717) is 0 Å². The van der Waals surface area contributed by atoms with E-state index in [0.717, 1.165) is 5.92 Å². The van der Waals surface area contributed by atoms with Crippen LogP contribution < -0.4 is 0 Å². The van der Waals surface area contributed by atoms with Crippen LogP contribution in [0.4, 0.5) is 0 Å². The van der Waals surface area contributed by atoms with Crippen LogP contribution in [0.15, 0.2) is 0 Å². The summed E-state index contributed by atoms with van der Waals surface area (Å²) in [6.07, 6.45) is 15.8. The fourth-order valence-corrected chi connectivity index (χ4v) is 12.3. The van der Waals surface area contributed by atoms with Gasteiger partial charge in [0, 0.05) is 0 Å². The summed E-state index contributed by atoms with van der Waals surface area (Å²) in [5.41, 5.74) is 0.123. The second kappa shape index (κ2) is 9.92. The number of unbranched alkanes of at least 4 members (excludes halogenated alkanes) is 9. The smallest absolute Gasteiger partial charge is 0.174 e. The van der Waals surface area contributed by atoms with Gasteiger partial charge in [0.2, 0.25) is 0 Å². The highest BCUT2D eigenvalue weighted by atomic mass is 29.3. The van der Waals surface area contributed by atoms with Gasteiger partial charge in [-0.05, 0) is 39.3 Å². The molecule has 1 nitrogen and oxygen atoms in total. The molecule has 1 unspecified atom stereocenters. The quantitative estimate of drug-likeness (QED) is 0.267. The Labute approximate surface area is 155 Å². The second-order valence-electron chi connectivity index (χ2n) is 9.97. The third-order valence-electron chi connectivity index (χ3n) is 6.79. The highest BCUT2D eigenvalue weighted by molar-refractivity contribution is 7.38. The van der Waals surface area contributed by atoms with E-state index in [9.17, 15) is 0 Å². The third-order valence-corrected chi connectivity index (χ3v) is 23.3. The molecule has 0 spiro atoms. The van der Waals surface area contributed by atoms with Gasteiger partial charge in [-0.15, -0.1) is 0 Å². The van der Waals surface area contributed by atoms with Crippen LogP contribution in [0.3, 0.4) is 0 Å². The summed E-state index contributed by atoms with van der Waals surface area (Å²) < 4.78 is 6.73. The predicted molar refractivity (Wildman–Crippen MR) is 115 cm³/mol. The number of hydrogen-bond donors (Lipinski definition) is 0. The Bertz CT molecular complexity index is 350. The van der Waals surface area contributed by atoms with Crippen LogP contribution >= 0.6 is 0 Å². The van der Waals surface area contributed by atoms with Gasteiger partial charge in [0.05, 0.1) is 13.2 Å². The second-order valence-corrected chi connectivity index (χ2v) is 25.0. The van der Waals surface area contributed by atoms with Crippen molar-refractivity contribution in [2.24, 2.45) is 5.92 Å². The molecule has 0 aromatic carbocycles. The summed E-state index contributed by atoms with van der Waals surface area (Å²) in [7, 11) is -2.59. The number of hydrogen-bond acceptors (Lipinski definition) is 1. The molecule has 1 atom stereocenters. The highest BCUT2D eigenvalue weighted by Crippen LogP contribution is 2.44. The molecule has 1 aliphatic rings. The summed E-state index contributed by atoms with van der Waals surface area (Å²) in [6, 6.07) is 1.50. The summed E-state index contributed by atoms with van der Waals surface area (Å²) in [5, 5.41) is 0. The van der Waals surface area contributed by atoms with Crippen LogP contribution in [-0.4, -0.2) is 21.0 Å². The summed E-state index contributed by atoms with van der Waals surface area (Å²) in [5.74, 6) is 0.800. The lowest BCUT2D eigenvalue weighted by Crippen LogP contribution is -2.66. The first-order valence-corrected chi connectivity index (χ1v) is 17.9. The zero-order valence-electron chi connectivity index (χ0n) is 18.0. The van der Waals surface area contributed by atoms with Gasteiger partial charge in [-0.2, -0.15) is 0 Å². The molecule has 1 aliphatic heterocycles. The van der Waals surface area contributed by atoms with Crippen LogP contribution in [0.25, 0.3) is 0 Å². The van der Waals surface area contributed by atoms with Gasteiger partial charge >= 0.3 is 0 Å². The molecule has 0 amide bonds. The maximum absolute atomic E-state index is 6.73. The monoisotopic (exact) mass is 370 g/mol. The standard InChI is InChI=1S/C21H46OSi2/c1-8-9-10-11-12-13-14-15-16-17-18-20-19-23(4,5)24(6,7)22-21(20,2)3/h20H,8-19H2,1-7H3. The van der Waals surface area contributed by atoms with Gasteiger partial charge in [0.15, 0.2) is 7.83 Å². The summed E-state index contributed by atoms with van der Waals surface area (Å²) in [4.78, 5) is 0. The van der Waals surface area contributed by atoms with Crippen molar-refractivity contribution in [1.29, 1.82) is 0 Å². The van der Waals surface area contributed by atoms with E-state index in [4.69, 9.17) is 4.43 Å². The van der Waals surface area contributed by atoms with Gasteiger partial charge < -0.3 is 4.43 Å². The molecule has 0 radical (unpaired) electrons. The Morgan fingerprint density at radius 3 is 1.75 bits per heavy atom. The fraction of sp³-hybridized carbons (Fsp3) is 1.00. The first-order valence-electron chi connectivity index (χ1n) is 10.8. The van der Waals surface area contributed by atoms with Crippen molar-refractivity contribution in [1.82, 2.24) is 0 Å². The molecular formula is C21H46OSi2. The molecular weight excluding hydrogens is 324 g/mol. The van der Waals surface area contributed by atoms with Crippen molar-refractivity contribution in [2.45, 2.75) is 129 Å². The average Bonchev–Trinajstić information content (AvgIpc) is 2.45. The third kappa shape index (κ3) is 6.95. The summed E-state index contributed by atoms with van der Waals surface area (Å²) >= 11 is 0. The van der Waals surface area contributed by atoms with Crippen molar-refractivity contribution in [3.8, 4) is 0 Å². The minimum absolute atomic E-state index is 0.123. The van der Waals surface area contributed by atoms with E-state index < -0.39 is 15.4 Å². The van der Waals surface area contributed by atoms with Crippen molar-refractivity contribution in [3.63, 3.8) is 0 Å². The maximum Gasteiger partial charge on any atom is 0.174 e. The van der Waals surface area contributed by atoms with Crippen molar-refractivity contribution >= 4 is 15.4 Å². The lowest BCUT2D eigenvalue weighted by atomic mass is 9.87. The molecule has 1 saturated heterocycles. The van der Waals surface area contributed by atoms with Crippen molar-refractivity contribution < 1.29 is 4.43 Å². The van der Waals surface area contributed by atoms with Crippen LogP contribution in [0.2, 0.25) is 32.2 Å². The van der Waals surface area contributed by atoms with Crippen LogP contribution in [0.5, 0.6) is 0 Å². The molecule has 0 N–H and O–H groups in total. The molecule has 144 valence electrons. The van der Waals surface area contributed by atoms with Crippen LogP contribution in [0, 0.1) is 5.92 Å². The highest BCUT2D eigenvalue weighted by Gasteiger charge is 2.53. The molecule has 24 heavy (non-hydrogen) atoms. The van der Waals surface area contributed by atoms with E-state index in [1.807, 2.05) is 0 Å². The zero-order chi connectivity index (χ0) is 18.3. The molecule has 0 aromatic rings. The van der Waals surface area contributed by atoms with Crippen molar-refractivity contribution in [2.75, 3.05) is 0 Å². The maximum atomic E-state index is 6.73. The lowest BCUT2D eigenvalue weighted by molar-refractivity contribution is 0.0335. The molecule has 1 rings (SSSR count). The fourth-order valence-electron chi connectivity index (χ4n) is 4.31. The molecule has 3 heteroatoms. The van der Waals surface area contributed by atoms with E-state index in [1.54, 1.807) is 0 Å². The SMILES string of the molecule is CCCCCCCCCCCCC1C[Si](C)(C)[Si](C)(C)OC1(C)C. The zero-order valence-corrected chi connectivity index (χ0v) is 20.0. The molecule has 0 aliphatic carbocycles. The van der Waals surface area contributed by atoms with Gasteiger partial charge in [0.25, 0.3) is 0 Å². The first kappa shape index (κ1) is 22.4. The Kier molecular flexibility index (Phi) is 9.27. The van der Waals surface area contributed by atoms with E-state index in [1.165, 1.54) is 76.7 Å². The Morgan fingerprint density at radius 1 is 0.792 bits per heavy atom. The topological polar surface area (TPSA) is 9.23 Å². The van der Waals surface area contributed by atoms with Gasteiger partial charge in [-0.3, -0.25) is 0 Å². The molecule has 0 bridgehead atoms. The Morgan fingerprint density at radius 2 is 1.25 bits per heavy atom. The lowest BCUT2D eigenvalue weighted by Gasteiger charge is -2.54. The number of rotatable bonds is 11. The normalized spacial score (nSPS) is 24.9. The van der Waals surface area contributed by atoms with Gasteiger partial charge in [0.1, 0.15) is 0 Å². The van der Waals surface area contributed by atoms with Gasteiger partial charge in [-0.1, -0.05) is 90.3 Å².